The fourth-order valence-corrected chi connectivity index (χ4v) is 4.12. The predicted octanol–water partition coefficient (Wildman–Crippen LogP) is 4.18. The van der Waals surface area contributed by atoms with E-state index < -0.39 is 0 Å². The maximum absolute atomic E-state index is 4.91. The van der Waals surface area contributed by atoms with Gasteiger partial charge in [-0.05, 0) is 57.1 Å². The van der Waals surface area contributed by atoms with Gasteiger partial charge in [-0.25, -0.2) is 0 Å². The van der Waals surface area contributed by atoms with E-state index >= 15 is 0 Å². The van der Waals surface area contributed by atoms with Gasteiger partial charge in [-0.1, -0.05) is 34.1 Å². The zero-order valence-electron chi connectivity index (χ0n) is 14.8. The van der Waals surface area contributed by atoms with Gasteiger partial charge in [0.1, 0.15) is 0 Å². The van der Waals surface area contributed by atoms with Crippen molar-refractivity contribution in [2.45, 2.75) is 85.7 Å². The molecule has 1 aliphatic rings. The van der Waals surface area contributed by atoms with E-state index in [9.17, 15) is 0 Å². The Morgan fingerprint density at radius 1 is 1.29 bits per heavy atom. The van der Waals surface area contributed by atoms with Crippen LogP contribution in [-0.2, 0) is 6.42 Å². The molecule has 1 saturated carbocycles. The van der Waals surface area contributed by atoms with Gasteiger partial charge in [0, 0.05) is 11.7 Å². The van der Waals surface area contributed by atoms with Crippen molar-refractivity contribution in [2.24, 2.45) is 5.41 Å². The molecule has 2 rings (SSSR count). The minimum absolute atomic E-state index is 0.344. The molecule has 1 fully saturated rings. The lowest BCUT2D eigenvalue weighted by Crippen LogP contribution is -2.51. The summed E-state index contributed by atoms with van der Waals surface area (Å²) in [6, 6.07) is 1.02. The molecule has 2 unspecified atom stereocenters. The van der Waals surface area contributed by atoms with E-state index in [1.54, 1.807) is 0 Å². The molecule has 0 bridgehead atoms. The lowest BCUT2D eigenvalue weighted by molar-refractivity contribution is 0.105. The first-order valence-electron chi connectivity index (χ1n) is 8.70. The van der Waals surface area contributed by atoms with E-state index in [4.69, 9.17) is 5.10 Å². The Balaban J connectivity index is 2.35. The molecule has 0 amide bonds. The average Bonchev–Trinajstić information content (AvgIpc) is 2.71. The summed E-state index contributed by atoms with van der Waals surface area (Å²) in [5.41, 5.74) is 4.37. The predicted molar refractivity (Wildman–Crippen MR) is 89.8 cm³/mol. The van der Waals surface area contributed by atoms with Crippen molar-refractivity contribution >= 4 is 0 Å². The fraction of sp³-hybridized carbons (Fsp3) is 0.833. The summed E-state index contributed by atoms with van der Waals surface area (Å²) < 4.78 is 2.34. The van der Waals surface area contributed by atoms with Gasteiger partial charge in [0.05, 0.1) is 11.7 Å². The maximum Gasteiger partial charge on any atom is 0.0680 e. The smallest absolute Gasteiger partial charge is 0.0680 e. The summed E-state index contributed by atoms with van der Waals surface area (Å²) in [5.74, 6) is 0. The quantitative estimate of drug-likeness (QED) is 0.882. The minimum Gasteiger partial charge on any atom is -0.311 e. The van der Waals surface area contributed by atoms with E-state index in [1.165, 1.54) is 42.6 Å². The summed E-state index contributed by atoms with van der Waals surface area (Å²) in [6.07, 6.45) is 6.14. The molecule has 120 valence electrons. The molecule has 0 spiro atoms. The lowest BCUT2D eigenvalue weighted by atomic mass is 9.70. The van der Waals surface area contributed by atoms with E-state index in [0.29, 0.717) is 17.5 Å². The van der Waals surface area contributed by atoms with Crippen molar-refractivity contribution in [3.05, 3.63) is 17.0 Å². The van der Waals surface area contributed by atoms with Gasteiger partial charge in [0.15, 0.2) is 0 Å². The van der Waals surface area contributed by atoms with Crippen molar-refractivity contribution < 1.29 is 0 Å². The molecule has 1 aromatic rings. The molecule has 0 saturated heterocycles. The normalized spacial score (nSPS) is 25.2. The molecule has 1 aliphatic carbocycles. The molecule has 1 heterocycles. The van der Waals surface area contributed by atoms with E-state index in [2.05, 4.69) is 51.5 Å². The zero-order valence-corrected chi connectivity index (χ0v) is 14.8. The summed E-state index contributed by atoms with van der Waals surface area (Å²) in [4.78, 5) is 0. The van der Waals surface area contributed by atoms with Crippen molar-refractivity contribution in [1.82, 2.24) is 15.1 Å². The summed E-state index contributed by atoms with van der Waals surface area (Å²) in [5, 5.41) is 8.73. The van der Waals surface area contributed by atoms with Crippen LogP contribution < -0.4 is 5.32 Å². The molecule has 0 aromatic carbocycles. The monoisotopic (exact) mass is 291 g/mol. The van der Waals surface area contributed by atoms with Gasteiger partial charge >= 0.3 is 0 Å². The highest BCUT2D eigenvalue weighted by atomic mass is 15.3. The largest absolute Gasteiger partial charge is 0.311 e. The standard InChI is InChI=1S/C18H33N3/c1-7-12-19-17-16(10-9-11-18(17,5)6)21-14(4)15(8-2)13(3)20-21/h16-17,19H,7-12H2,1-6H3. The number of hydrogen-bond acceptors (Lipinski definition) is 2. The Kier molecular flexibility index (Phi) is 5.13. The van der Waals surface area contributed by atoms with Crippen molar-refractivity contribution in [3.63, 3.8) is 0 Å². The summed E-state index contributed by atoms with van der Waals surface area (Å²) >= 11 is 0. The van der Waals surface area contributed by atoms with Crippen LogP contribution in [0.3, 0.4) is 0 Å². The van der Waals surface area contributed by atoms with Crippen LogP contribution in [0.1, 0.15) is 76.4 Å². The van der Waals surface area contributed by atoms with Crippen LogP contribution in [0.2, 0.25) is 0 Å². The Morgan fingerprint density at radius 3 is 2.57 bits per heavy atom. The Labute approximate surface area is 130 Å². The first-order chi connectivity index (χ1) is 9.92. The molecule has 1 N–H and O–H groups in total. The van der Waals surface area contributed by atoms with E-state index in [-0.39, 0.29) is 0 Å². The van der Waals surface area contributed by atoms with Crippen LogP contribution >= 0.6 is 0 Å². The third kappa shape index (κ3) is 3.18. The molecule has 0 radical (unpaired) electrons. The van der Waals surface area contributed by atoms with Crippen molar-refractivity contribution in [3.8, 4) is 0 Å². The number of rotatable bonds is 5. The molecule has 3 heteroatoms. The number of aryl methyl sites for hydroxylation is 1. The minimum atomic E-state index is 0.344. The maximum atomic E-state index is 4.91. The molecule has 3 nitrogen and oxygen atoms in total. The van der Waals surface area contributed by atoms with Gasteiger partial charge in [-0.15, -0.1) is 0 Å². The fourth-order valence-electron chi connectivity index (χ4n) is 4.12. The first kappa shape index (κ1) is 16.5. The molecular weight excluding hydrogens is 258 g/mol. The Bertz CT molecular complexity index is 473. The number of aromatic nitrogens is 2. The number of nitrogens with zero attached hydrogens (tertiary/aromatic N) is 2. The van der Waals surface area contributed by atoms with Crippen LogP contribution in [0.4, 0.5) is 0 Å². The molecule has 0 aliphatic heterocycles. The van der Waals surface area contributed by atoms with Crippen LogP contribution in [-0.4, -0.2) is 22.4 Å². The van der Waals surface area contributed by atoms with Gasteiger partial charge in [-0.3, -0.25) is 4.68 Å². The highest BCUT2D eigenvalue weighted by Crippen LogP contribution is 2.42. The summed E-state index contributed by atoms with van der Waals surface area (Å²) in [7, 11) is 0. The molecule has 1 aromatic heterocycles. The van der Waals surface area contributed by atoms with Crippen LogP contribution in [0.5, 0.6) is 0 Å². The van der Waals surface area contributed by atoms with Crippen LogP contribution in [0, 0.1) is 19.3 Å². The van der Waals surface area contributed by atoms with Gasteiger partial charge < -0.3 is 5.32 Å². The van der Waals surface area contributed by atoms with E-state index in [1.807, 2.05) is 0 Å². The third-order valence-electron chi connectivity index (χ3n) is 5.30. The van der Waals surface area contributed by atoms with Crippen LogP contribution in [0.15, 0.2) is 0 Å². The highest BCUT2D eigenvalue weighted by molar-refractivity contribution is 5.25. The van der Waals surface area contributed by atoms with Crippen LogP contribution in [0.25, 0.3) is 0 Å². The zero-order chi connectivity index (χ0) is 15.6. The molecular formula is C18H33N3. The molecule has 21 heavy (non-hydrogen) atoms. The van der Waals surface area contributed by atoms with Gasteiger partial charge in [0.25, 0.3) is 0 Å². The topological polar surface area (TPSA) is 29.9 Å². The Morgan fingerprint density at radius 2 is 2.00 bits per heavy atom. The SMILES string of the molecule is CCCNC1C(n2nc(C)c(CC)c2C)CCCC1(C)C. The van der Waals surface area contributed by atoms with Crippen molar-refractivity contribution in [2.75, 3.05) is 6.54 Å². The third-order valence-corrected chi connectivity index (χ3v) is 5.30. The Hall–Kier alpha value is -0.830. The van der Waals surface area contributed by atoms with Crippen molar-refractivity contribution in [1.29, 1.82) is 0 Å². The average molecular weight is 291 g/mol. The summed E-state index contributed by atoms with van der Waals surface area (Å²) in [6.45, 7) is 14.8. The lowest BCUT2D eigenvalue weighted by Gasteiger charge is -2.45. The second-order valence-electron chi connectivity index (χ2n) is 7.33. The number of hydrogen-bond donors (Lipinski definition) is 1. The van der Waals surface area contributed by atoms with Gasteiger partial charge in [0.2, 0.25) is 0 Å². The highest BCUT2D eigenvalue weighted by Gasteiger charge is 2.40. The number of nitrogens with one attached hydrogen (secondary N) is 1. The van der Waals surface area contributed by atoms with Gasteiger partial charge in [-0.2, -0.15) is 5.10 Å². The van der Waals surface area contributed by atoms with E-state index in [0.717, 1.165) is 13.0 Å². The second kappa shape index (κ2) is 6.51. The first-order valence-corrected chi connectivity index (χ1v) is 8.70. The second-order valence-corrected chi connectivity index (χ2v) is 7.33. The molecule has 2 atom stereocenters.